The minimum Gasteiger partial charge on any atom is -0.497 e. The fourth-order valence-electron chi connectivity index (χ4n) is 3.88. The summed E-state index contributed by atoms with van der Waals surface area (Å²) in [4.78, 5) is 17.3. The van der Waals surface area contributed by atoms with Gasteiger partial charge >= 0.3 is 0 Å². The molecule has 5 nitrogen and oxygen atoms in total. The van der Waals surface area contributed by atoms with E-state index in [9.17, 15) is 4.79 Å². The molecule has 1 aromatic carbocycles. The number of rotatable bonds is 8. The van der Waals surface area contributed by atoms with Gasteiger partial charge in [-0.1, -0.05) is 26.2 Å². The minimum atomic E-state index is 0.104. The molecule has 2 aromatic rings. The number of methoxy groups -OCH3 is 2. The molecular formula is C22H30N2O3S. The Hall–Kier alpha value is -2.08. The van der Waals surface area contributed by atoms with Crippen LogP contribution in [0.4, 0.5) is 5.13 Å². The molecule has 152 valence electrons. The highest BCUT2D eigenvalue weighted by Crippen LogP contribution is 2.36. The third-order valence-corrected chi connectivity index (χ3v) is 6.36. The van der Waals surface area contributed by atoms with Gasteiger partial charge in [0, 0.05) is 16.9 Å². The van der Waals surface area contributed by atoms with E-state index >= 15 is 0 Å². The summed E-state index contributed by atoms with van der Waals surface area (Å²) >= 11 is 1.44. The number of ether oxygens (including phenoxy) is 2. The molecular weight excluding hydrogens is 372 g/mol. The Labute approximate surface area is 171 Å². The first-order valence-electron chi connectivity index (χ1n) is 10.1. The molecule has 1 aliphatic rings. The van der Waals surface area contributed by atoms with E-state index in [1.54, 1.807) is 14.2 Å². The molecule has 0 radical (unpaired) electrons. The standard InChI is InChI=1S/C22H30N2O3S/c1-4-5-6-15-7-9-16(10-8-15)21(25)24-22-23-19(14-28-22)18-13-17(26-2)11-12-20(18)27-3/h11-16H,4-10H2,1-3H3,(H,23,24,25). The Morgan fingerprint density at radius 1 is 1.21 bits per heavy atom. The molecule has 1 saturated carbocycles. The van der Waals surface area contributed by atoms with Gasteiger partial charge in [-0.2, -0.15) is 0 Å². The van der Waals surface area contributed by atoms with Crippen molar-refractivity contribution < 1.29 is 14.3 Å². The number of hydrogen-bond acceptors (Lipinski definition) is 5. The molecule has 1 heterocycles. The SMILES string of the molecule is CCCCC1CCC(C(=O)Nc2nc(-c3cc(OC)ccc3OC)cs2)CC1. The van der Waals surface area contributed by atoms with Crippen LogP contribution in [0.25, 0.3) is 11.3 Å². The molecule has 1 amide bonds. The van der Waals surface area contributed by atoms with E-state index in [-0.39, 0.29) is 11.8 Å². The van der Waals surface area contributed by atoms with Crippen LogP contribution in [0.5, 0.6) is 11.5 Å². The largest absolute Gasteiger partial charge is 0.497 e. The van der Waals surface area contributed by atoms with Crippen LogP contribution in [0, 0.1) is 11.8 Å². The Balaban J connectivity index is 1.61. The third kappa shape index (κ3) is 5.04. The summed E-state index contributed by atoms with van der Waals surface area (Å²) in [5.74, 6) is 2.49. The number of carbonyl (C=O) groups is 1. The Morgan fingerprint density at radius 3 is 2.68 bits per heavy atom. The zero-order valence-corrected chi connectivity index (χ0v) is 17.8. The van der Waals surface area contributed by atoms with Gasteiger partial charge in [0.25, 0.3) is 0 Å². The quantitative estimate of drug-likeness (QED) is 0.609. The van der Waals surface area contributed by atoms with Crippen LogP contribution in [0.1, 0.15) is 51.9 Å². The molecule has 0 atom stereocenters. The molecule has 28 heavy (non-hydrogen) atoms. The summed E-state index contributed by atoms with van der Waals surface area (Å²) in [6.07, 6.45) is 8.18. The topological polar surface area (TPSA) is 60.5 Å². The maximum absolute atomic E-state index is 12.7. The average Bonchev–Trinajstić information content (AvgIpc) is 3.20. The highest BCUT2D eigenvalue weighted by molar-refractivity contribution is 7.14. The lowest BCUT2D eigenvalue weighted by Crippen LogP contribution is -2.27. The first-order valence-corrected chi connectivity index (χ1v) is 11.0. The van der Waals surface area contributed by atoms with E-state index in [4.69, 9.17) is 9.47 Å². The van der Waals surface area contributed by atoms with Gasteiger partial charge in [-0.25, -0.2) is 4.98 Å². The number of carbonyl (C=O) groups excluding carboxylic acids is 1. The number of nitrogens with one attached hydrogen (secondary N) is 1. The average molecular weight is 403 g/mol. The normalized spacial score (nSPS) is 19.2. The predicted molar refractivity (Wildman–Crippen MR) is 114 cm³/mol. The Morgan fingerprint density at radius 2 is 2.00 bits per heavy atom. The number of aromatic nitrogens is 1. The van der Waals surface area contributed by atoms with Gasteiger partial charge in [0.2, 0.25) is 5.91 Å². The second-order valence-electron chi connectivity index (χ2n) is 7.45. The first kappa shape index (κ1) is 20.6. The van der Waals surface area contributed by atoms with Gasteiger partial charge in [0.15, 0.2) is 5.13 Å². The number of nitrogens with zero attached hydrogens (tertiary/aromatic N) is 1. The molecule has 1 fully saturated rings. The van der Waals surface area contributed by atoms with Gasteiger partial charge in [-0.05, 0) is 49.8 Å². The molecule has 1 aliphatic carbocycles. The molecule has 0 unspecified atom stereocenters. The van der Waals surface area contributed by atoms with Crippen molar-refractivity contribution in [2.75, 3.05) is 19.5 Å². The molecule has 3 rings (SSSR count). The number of anilines is 1. The summed E-state index contributed by atoms with van der Waals surface area (Å²) in [5.41, 5.74) is 1.63. The summed E-state index contributed by atoms with van der Waals surface area (Å²) in [6, 6.07) is 5.62. The van der Waals surface area contributed by atoms with Crippen LogP contribution in [-0.4, -0.2) is 25.1 Å². The molecule has 0 saturated heterocycles. The smallest absolute Gasteiger partial charge is 0.229 e. The third-order valence-electron chi connectivity index (χ3n) is 5.60. The summed E-state index contributed by atoms with van der Waals surface area (Å²) < 4.78 is 10.8. The number of hydrogen-bond donors (Lipinski definition) is 1. The zero-order valence-electron chi connectivity index (χ0n) is 17.0. The molecule has 0 bridgehead atoms. The second-order valence-corrected chi connectivity index (χ2v) is 8.31. The lowest BCUT2D eigenvalue weighted by atomic mass is 9.79. The summed E-state index contributed by atoms with van der Waals surface area (Å²) in [7, 11) is 3.27. The van der Waals surface area contributed by atoms with Crippen molar-refractivity contribution in [1.82, 2.24) is 4.98 Å². The maximum Gasteiger partial charge on any atom is 0.229 e. The summed E-state index contributed by atoms with van der Waals surface area (Å²) in [6.45, 7) is 2.24. The lowest BCUT2D eigenvalue weighted by molar-refractivity contribution is -0.121. The van der Waals surface area contributed by atoms with Crippen molar-refractivity contribution in [2.24, 2.45) is 11.8 Å². The van der Waals surface area contributed by atoms with Crippen molar-refractivity contribution in [1.29, 1.82) is 0 Å². The molecule has 1 aromatic heterocycles. The van der Waals surface area contributed by atoms with E-state index in [1.165, 1.54) is 43.4 Å². The van der Waals surface area contributed by atoms with Crippen LogP contribution in [-0.2, 0) is 4.79 Å². The van der Waals surface area contributed by atoms with E-state index in [0.29, 0.717) is 5.13 Å². The fourth-order valence-corrected chi connectivity index (χ4v) is 4.60. The Kier molecular flexibility index (Phi) is 7.31. The van der Waals surface area contributed by atoms with Crippen molar-refractivity contribution in [3.05, 3.63) is 23.6 Å². The van der Waals surface area contributed by atoms with Crippen LogP contribution >= 0.6 is 11.3 Å². The maximum atomic E-state index is 12.7. The van der Waals surface area contributed by atoms with Gasteiger partial charge in [-0.15, -0.1) is 11.3 Å². The minimum absolute atomic E-state index is 0.104. The highest BCUT2D eigenvalue weighted by Gasteiger charge is 2.26. The highest BCUT2D eigenvalue weighted by atomic mass is 32.1. The zero-order chi connectivity index (χ0) is 19.9. The molecule has 6 heteroatoms. The van der Waals surface area contributed by atoms with Crippen LogP contribution in [0.3, 0.4) is 0 Å². The first-order chi connectivity index (χ1) is 13.6. The van der Waals surface area contributed by atoms with Crippen LogP contribution in [0.15, 0.2) is 23.6 Å². The molecule has 0 spiro atoms. The number of unbranched alkanes of at least 4 members (excludes halogenated alkanes) is 1. The van der Waals surface area contributed by atoms with Gasteiger partial charge in [0.05, 0.1) is 19.9 Å². The van der Waals surface area contributed by atoms with Crippen LogP contribution in [0.2, 0.25) is 0 Å². The molecule has 1 N–H and O–H groups in total. The van der Waals surface area contributed by atoms with E-state index < -0.39 is 0 Å². The van der Waals surface area contributed by atoms with Gasteiger partial charge < -0.3 is 14.8 Å². The van der Waals surface area contributed by atoms with E-state index in [0.717, 1.165) is 41.5 Å². The lowest BCUT2D eigenvalue weighted by Gasteiger charge is -2.27. The number of thiazole rings is 1. The van der Waals surface area contributed by atoms with Crippen molar-refractivity contribution >= 4 is 22.4 Å². The van der Waals surface area contributed by atoms with Crippen molar-refractivity contribution in [3.8, 4) is 22.8 Å². The van der Waals surface area contributed by atoms with E-state index in [2.05, 4.69) is 17.2 Å². The fraction of sp³-hybridized carbons (Fsp3) is 0.545. The monoisotopic (exact) mass is 402 g/mol. The van der Waals surface area contributed by atoms with Gasteiger partial charge in [-0.3, -0.25) is 4.79 Å². The Bertz CT molecular complexity index is 782. The van der Waals surface area contributed by atoms with E-state index in [1.807, 2.05) is 23.6 Å². The van der Waals surface area contributed by atoms with Crippen LogP contribution < -0.4 is 14.8 Å². The number of amides is 1. The molecule has 0 aliphatic heterocycles. The second kappa shape index (κ2) is 9.92. The predicted octanol–water partition coefficient (Wildman–Crippen LogP) is 5.76. The van der Waals surface area contributed by atoms with Crippen molar-refractivity contribution in [2.45, 2.75) is 51.9 Å². The van der Waals surface area contributed by atoms with Gasteiger partial charge in [0.1, 0.15) is 11.5 Å². The number of benzene rings is 1. The summed E-state index contributed by atoms with van der Waals surface area (Å²) in [5, 5.41) is 5.60. The van der Waals surface area contributed by atoms with Crippen molar-refractivity contribution in [3.63, 3.8) is 0 Å².